The van der Waals surface area contributed by atoms with E-state index in [1.807, 2.05) is 0 Å². The maximum Gasteiger partial charge on any atom is 0.441 e. The summed E-state index contributed by atoms with van der Waals surface area (Å²) in [5, 5.41) is 2.32. The van der Waals surface area contributed by atoms with Crippen LogP contribution in [0.4, 0.5) is 13.2 Å². The highest BCUT2D eigenvalue weighted by molar-refractivity contribution is 8.00. The fourth-order valence-corrected chi connectivity index (χ4v) is 1.28. The number of rotatable bonds is 7. The van der Waals surface area contributed by atoms with Crippen molar-refractivity contribution in [3.05, 3.63) is 0 Å². The molecule has 0 saturated carbocycles. The molecule has 4 nitrogen and oxygen atoms in total. The number of halogens is 3. The molecule has 0 aliphatic carbocycles. The highest BCUT2D eigenvalue weighted by atomic mass is 32.2. The molecule has 0 rings (SSSR count). The van der Waals surface area contributed by atoms with Crippen LogP contribution in [0.2, 0.25) is 0 Å². The molecule has 0 saturated heterocycles. The highest BCUT2D eigenvalue weighted by Crippen LogP contribution is 2.29. The highest BCUT2D eigenvalue weighted by Gasteiger charge is 2.27. The first-order chi connectivity index (χ1) is 7.37. The minimum Gasteiger partial charge on any atom is -0.385 e. The molecule has 0 aromatic carbocycles. The van der Waals surface area contributed by atoms with Gasteiger partial charge in [-0.1, -0.05) is 0 Å². The van der Waals surface area contributed by atoms with Crippen LogP contribution in [-0.2, 0) is 9.53 Å². The number of thioether (sulfide) groups is 1. The lowest BCUT2D eigenvalue weighted by atomic mass is 10.2. The van der Waals surface area contributed by atoms with Crippen molar-refractivity contribution in [2.24, 2.45) is 5.73 Å². The molecule has 1 atom stereocenters. The Morgan fingerprint density at radius 3 is 2.69 bits per heavy atom. The van der Waals surface area contributed by atoms with Crippen LogP contribution in [-0.4, -0.2) is 43.5 Å². The number of carbonyl (C=O) groups excluding carboxylic acids is 1. The summed E-state index contributed by atoms with van der Waals surface area (Å²) in [5.74, 6) is -0.675. The summed E-state index contributed by atoms with van der Waals surface area (Å²) in [6.45, 7) is 0.287. The zero-order chi connectivity index (χ0) is 12.6. The van der Waals surface area contributed by atoms with E-state index in [4.69, 9.17) is 10.5 Å². The predicted octanol–water partition coefficient (Wildman–Crippen LogP) is 0.719. The monoisotopic (exact) mass is 260 g/mol. The van der Waals surface area contributed by atoms with Gasteiger partial charge in [0.25, 0.3) is 0 Å². The molecule has 0 radical (unpaired) electrons. The first-order valence-corrected chi connectivity index (χ1v) is 5.58. The molecule has 0 fully saturated rings. The van der Waals surface area contributed by atoms with Crippen molar-refractivity contribution in [1.82, 2.24) is 5.32 Å². The van der Waals surface area contributed by atoms with Crippen LogP contribution in [0.5, 0.6) is 0 Å². The van der Waals surface area contributed by atoms with E-state index in [-0.39, 0.29) is 24.1 Å². The van der Waals surface area contributed by atoms with E-state index in [0.717, 1.165) is 0 Å². The Labute approximate surface area is 96.1 Å². The second kappa shape index (κ2) is 7.75. The van der Waals surface area contributed by atoms with E-state index in [9.17, 15) is 18.0 Å². The zero-order valence-electron chi connectivity index (χ0n) is 8.84. The lowest BCUT2D eigenvalue weighted by Crippen LogP contribution is -2.42. The number of carbonyl (C=O) groups is 1. The van der Waals surface area contributed by atoms with Gasteiger partial charge < -0.3 is 15.8 Å². The van der Waals surface area contributed by atoms with Crippen LogP contribution >= 0.6 is 11.8 Å². The van der Waals surface area contributed by atoms with Crippen molar-refractivity contribution in [3.63, 3.8) is 0 Å². The van der Waals surface area contributed by atoms with Crippen molar-refractivity contribution in [3.8, 4) is 0 Å². The number of nitrogens with one attached hydrogen (secondary N) is 1. The van der Waals surface area contributed by atoms with Crippen LogP contribution in [0, 0.1) is 0 Å². The van der Waals surface area contributed by atoms with Crippen molar-refractivity contribution >= 4 is 17.7 Å². The topological polar surface area (TPSA) is 64.3 Å². The van der Waals surface area contributed by atoms with Crippen molar-refractivity contribution < 1.29 is 22.7 Å². The molecule has 1 unspecified atom stereocenters. The van der Waals surface area contributed by atoms with Gasteiger partial charge in [0.1, 0.15) is 0 Å². The predicted molar refractivity (Wildman–Crippen MR) is 56.0 cm³/mol. The van der Waals surface area contributed by atoms with Crippen LogP contribution in [0.3, 0.4) is 0 Å². The van der Waals surface area contributed by atoms with E-state index < -0.39 is 17.5 Å². The molecule has 0 heterocycles. The Bertz CT molecular complexity index is 214. The molecule has 0 aliphatic rings. The van der Waals surface area contributed by atoms with Gasteiger partial charge in [-0.15, -0.1) is 0 Å². The molecular weight excluding hydrogens is 245 g/mol. The summed E-state index contributed by atoms with van der Waals surface area (Å²) in [5.41, 5.74) is 1.19. The summed E-state index contributed by atoms with van der Waals surface area (Å²) >= 11 is -0.175. The van der Waals surface area contributed by atoms with Gasteiger partial charge in [0.15, 0.2) is 0 Å². The van der Waals surface area contributed by atoms with Gasteiger partial charge in [-0.25, -0.2) is 0 Å². The third-order valence-corrected chi connectivity index (χ3v) is 2.37. The Kier molecular flexibility index (Phi) is 7.52. The molecule has 0 aromatic rings. The maximum absolute atomic E-state index is 11.7. The molecule has 1 amide bonds. The number of nitrogens with two attached hydrogens (primary N) is 1. The van der Waals surface area contributed by atoms with Gasteiger partial charge in [-0.05, 0) is 18.2 Å². The average Bonchev–Trinajstić information content (AvgIpc) is 2.19. The Morgan fingerprint density at radius 2 is 2.19 bits per heavy atom. The summed E-state index contributed by atoms with van der Waals surface area (Å²) in [6, 6.07) is -0.740. The first kappa shape index (κ1) is 15.5. The maximum atomic E-state index is 11.7. The van der Waals surface area contributed by atoms with Crippen LogP contribution in [0.25, 0.3) is 0 Å². The average molecular weight is 260 g/mol. The molecule has 0 bridgehead atoms. The summed E-state index contributed by atoms with van der Waals surface area (Å²) in [7, 11) is 1.48. The number of hydrogen-bond donors (Lipinski definition) is 2. The minimum absolute atomic E-state index is 0.0519. The second-order valence-electron chi connectivity index (χ2n) is 2.97. The smallest absolute Gasteiger partial charge is 0.385 e. The number of hydrogen-bond acceptors (Lipinski definition) is 4. The normalized spacial score (nSPS) is 13.6. The summed E-state index contributed by atoms with van der Waals surface area (Å²) in [4.78, 5) is 11.2. The van der Waals surface area contributed by atoms with Gasteiger partial charge in [0, 0.05) is 26.0 Å². The number of alkyl halides is 3. The quantitative estimate of drug-likeness (QED) is 0.662. The van der Waals surface area contributed by atoms with Crippen LogP contribution < -0.4 is 11.1 Å². The molecule has 0 aromatic heterocycles. The molecule has 3 N–H and O–H groups in total. The van der Waals surface area contributed by atoms with Gasteiger partial charge in [-0.3, -0.25) is 4.79 Å². The molecule has 0 spiro atoms. The number of amides is 1. The third kappa shape index (κ3) is 8.81. The van der Waals surface area contributed by atoms with Gasteiger partial charge in [0.05, 0.1) is 6.04 Å². The van der Waals surface area contributed by atoms with E-state index in [1.54, 1.807) is 0 Å². The molecule has 16 heavy (non-hydrogen) atoms. The molecule has 0 aliphatic heterocycles. The molecule has 8 heteroatoms. The minimum atomic E-state index is -4.26. The first-order valence-electron chi connectivity index (χ1n) is 4.59. The number of methoxy groups -OCH3 is 1. The lowest BCUT2D eigenvalue weighted by molar-refractivity contribution is -0.122. The van der Waals surface area contributed by atoms with Crippen LogP contribution in [0.1, 0.15) is 6.42 Å². The van der Waals surface area contributed by atoms with Crippen molar-refractivity contribution in [2.45, 2.75) is 18.0 Å². The molecule has 96 valence electrons. The fraction of sp³-hybridized carbons (Fsp3) is 0.875. The van der Waals surface area contributed by atoms with E-state index in [2.05, 4.69) is 5.32 Å². The fourth-order valence-electron chi connectivity index (χ4n) is 0.848. The molecular formula is C8H15F3N2O2S. The van der Waals surface area contributed by atoms with E-state index in [0.29, 0.717) is 13.0 Å². The SMILES string of the molecule is COCCC(N)C(=O)NCCSC(F)(F)F. The van der Waals surface area contributed by atoms with E-state index >= 15 is 0 Å². The number of ether oxygens (including phenoxy) is 1. The summed E-state index contributed by atoms with van der Waals surface area (Å²) in [6.07, 6.45) is 0.342. The standard InChI is InChI=1S/C8H15F3N2O2S/c1-15-4-2-6(12)7(14)13-3-5-16-8(9,10)11/h6H,2-5,12H2,1H3,(H,13,14). The van der Waals surface area contributed by atoms with Gasteiger partial charge in [-0.2, -0.15) is 13.2 Å². The lowest BCUT2D eigenvalue weighted by Gasteiger charge is -2.11. The van der Waals surface area contributed by atoms with Crippen molar-refractivity contribution in [2.75, 3.05) is 26.0 Å². The Balaban J connectivity index is 3.57. The van der Waals surface area contributed by atoms with Crippen molar-refractivity contribution in [1.29, 1.82) is 0 Å². The van der Waals surface area contributed by atoms with Crippen LogP contribution in [0.15, 0.2) is 0 Å². The Hall–Kier alpha value is -0.470. The second-order valence-corrected chi connectivity index (χ2v) is 4.13. The van der Waals surface area contributed by atoms with Gasteiger partial charge >= 0.3 is 5.51 Å². The Morgan fingerprint density at radius 1 is 1.56 bits per heavy atom. The zero-order valence-corrected chi connectivity index (χ0v) is 9.66. The van der Waals surface area contributed by atoms with E-state index in [1.165, 1.54) is 7.11 Å². The van der Waals surface area contributed by atoms with Gasteiger partial charge in [0.2, 0.25) is 5.91 Å². The largest absolute Gasteiger partial charge is 0.441 e. The third-order valence-electron chi connectivity index (χ3n) is 1.64. The summed E-state index contributed by atoms with van der Waals surface area (Å²) < 4.78 is 39.9.